The van der Waals surface area contributed by atoms with Crippen LogP contribution in [0, 0.1) is 0 Å². The van der Waals surface area contributed by atoms with E-state index in [1.165, 1.54) is 10.5 Å². The van der Waals surface area contributed by atoms with Crippen LogP contribution in [0.4, 0.5) is 0 Å². The third-order valence-electron chi connectivity index (χ3n) is 5.37. The Balaban J connectivity index is 1.18. The summed E-state index contributed by atoms with van der Waals surface area (Å²) in [5, 5.41) is 3.71. The molecule has 2 heterocycles. The van der Waals surface area contributed by atoms with Crippen LogP contribution in [0.2, 0.25) is 5.02 Å². The Morgan fingerprint density at radius 3 is 2.39 bits per heavy atom. The number of carbonyl (C=O) groups is 1. The number of amides is 1. The molecule has 1 amide bonds. The summed E-state index contributed by atoms with van der Waals surface area (Å²) < 4.78 is 10.8. The highest BCUT2D eigenvalue weighted by molar-refractivity contribution is 6.30. The van der Waals surface area contributed by atoms with Crippen LogP contribution in [0.1, 0.15) is 11.1 Å². The number of carbonyl (C=O) groups excluding carboxylic acids is 1. The Bertz CT molecular complexity index is 820. The van der Waals surface area contributed by atoms with Crippen molar-refractivity contribution < 1.29 is 24.1 Å². The first-order valence-corrected chi connectivity index (χ1v) is 10.1. The van der Waals surface area contributed by atoms with Crippen molar-refractivity contribution in [2.75, 3.05) is 39.5 Å². The summed E-state index contributed by atoms with van der Waals surface area (Å²) in [6.07, 6.45) is 0. The van der Waals surface area contributed by atoms with E-state index in [0.29, 0.717) is 24.9 Å². The van der Waals surface area contributed by atoms with Crippen LogP contribution in [0.3, 0.4) is 0 Å². The lowest BCUT2D eigenvalue weighted by atomic mass is 10.1. The summed E-state index contributed by atoms with van der Waals surface area (Å²) in [7, 11) is 0. The number of nitrogens with one attached hydrogen (secondary N) is 3. The van der Waals surface area contributed by atoms with Crippen LogP contribution in [-0.2, 0) is 17.9 Å². The predicted molar refractivity (Wildman–Crippen MR) is 106 cm³/mol. The van der Waals surface area contributed by atoms with Gasteiger partial charge >= 0.3 is 0 Å². The van der Waals surface area contributed by atoms with Gasteiger partial charge in [-0.1, -0.05) is 23.7 Å². The Hall–Kier alpha value is -2.28. The zero-order valence-corrected chi connectivity index (χ0v) is 16.6. The molecule has 2 aromatic rings. The van der Waals surface area contributed by atoms with Gasteiger partial charge in [0.1, 0.15) is 32.7 Å². The monoisotopic (exact) mass is 403 g/mol. The molecule has 6 nitrogen and oxygen atoms in total. The van der Waals surface area contributed by atoms with Crippen molar-refractivity contribution in [1.82, 2.24) is 5.32 Å². The quantitative estimate of drug-likeness (QED) is 0.619. The molecule has 2 aliphatic heterocycles. The van der Waals surface area contributed by atoms with E-state index in [4.69, 9.17) is 21.1 Å². The van der Waals surface area contributed by atoms with Crippen LogP contribution in [-0.4, -0.2) is 45.4 Å². The van der Waals surface area contributed by atoms with Crippen LogP contribution in [0.25, 0.3) is 0 Å². The van der Waals surface area contributed by atoms with Gasteiger partial charge < -0.3 is 24.6 Å². The normalized spacial score (nSPS) is 20.8. The zero-order valence-electron chi connectivity index (χ0n) is 15.8. The predicted octanol–water partition coefficient (Wildman–Crippen LogP) is -0.331. The van der Waals surface area contributed by atoms with Crippen molar-refractivity contribution in [3.05, 3.63) is 58.6 Å². The van der Waals surface area contributed by atoms with E-state index in [-0.39, 0.29) is 5.91 Å². The summed E-state index contributed by atoms with van der Waals surface area (Å²) in [6, 6.07) is 13.8. The molecule has 0 aliphatic carbocycles. The second kappa shape index (κ2) is 8.82. The first kappa shape index (κ1) is 19.1. The minimum absolute atomic E-state index is 0.101. The second-order valence-electron chi connectivity index (χ2n) is 7.44. The maximum absolute atomic E-state index is 12.2. The molecule has 4 rings (SSSR count). The molecule has 2 aliphatic rings. The van der Waals surface area contributed by atoms with E-state index < -0.39 is 0 Å². The van der Waals surface area contributed by atoms with Crippen LogP contribution >= 0.6 is 11.6 Å². The number of rotatable bonds is 6. The molecule has 0 radical (unpaired) electrons. The van der Waals surface area contributed by atoms with Gasteiger partial charge in [0.15, 0.2) is 18.0 Å². The minimum Gasteiger partial charge on any atom is -0.454 e. The van der Waals surface area contributed by atoms with E-state index in [1.807, 2.05) is 30.3 Å². The number of fused-ring (bicyclic) bond motifs is 1. The summed E-state index contributed by atoms with van der Waals surface area (Å²) in [6.45, 7) is 6.51. The fraction of sp³-hybridized carbons (Fsp3) is 0.381. The fourth-order valence-corrected chi connectivity index (χ4v) is 3.87. The Morgan fingerprint density at radius 1 is 0.929 bits per heavy atom. The fourth-order valence-electron chi connectivity index (χ4n) is 3.74. The Kier molecular flexibility index (Phi) is 6.00. The molecule has 0 aromatic heterocycles. The summed E-state index contributed by atoms with van der Waals surface area (Å²) >= 11 is 5.89. The van der Waals surface area contributed by atoms with Gasteiger partial charge in [-0.15, -0.1) is 0 Å². The molecule has 1 fully saturated rings. The number of halogens is 1. The number of quaternary nitrogens is 2. The molecule has 28 heavy (non-hydrogen) atoms. The smallest absolute Gasteiger partial charge is 0.275 e. The molecular formula is C21H26ClN3O3+2. The molecule has 148 valence electrons. The van der Waals surface area contributed by atoms with Crippen molar-refractivity contribution in [1.29, 1.82) is 0 Å². The molecule has 3 N–H and O–H groups in total. The second-order valence-corrected chi connectivity index (χ2v) is 7.88. The van der Waals surface area contributed by atoms with Gasteiger partial charge in [0, 0.05) is 17.1 Å². The largest absolute Gasteiger partial charge is 0.454 e. The van der Waals surface area contributed by atoms with Gasteiger partial charge in [0.2, 0.25) is 6.79 Å². The summed E-state index contributed by atoms with van der Waals surface area (Å²) in [5.74, 6) is 1.78. The number of hydrogen-bond donors (Lipinski definition) is 3. The highest BCUT2D eigenvalue weighted by Crippen LogP contribution is 2.32. The van der Waals surface area contributed by atoms with Gasteiger partial charge in [0.05, 0.1) is 0 Å². The number of hydrogen-bond acceptors (Lipinski definition) is 3. The number of ether oxygens (including phenoxy) is 2. The maximum Gasteiger partial charge on any atom is 0.275 e. The van der Waals surface area contributed by atoms with Crippen LogP contribution < -0.4 is 24.6 Å². The molecule has 0 bridgehead atoms. The molecular weight excluding hydrogens is 378 g/mol. The lowest BCUT2D eigenvalue weighted by molar-refractivity contribution is -1.02. The van der Waals surface area contributed by atoms with Crippen molar-refractivity contribution in [3.8, 4) is 11.5 Å². The molecule has 0 unspecified atom stereocenters. The first-order valence-electron chi connectivity index (χ1n) is 9.72. The average molecular weight is 404 g/mol. The number of benzene rings is 2. The Morgan fingerprint density at radius 2 is 1.61 bits per heavy atom. The highest BCUT2D eigenvalue weighted by atomic mass is 35.5. The third-order valence-corrected chi connectivity index (χ3v) is 5.62. The van der Waals surface area contributed by atoms with Crippen LogP contribution in [0.15, 0.2) is 42.5 Å². The third kappa shape index (κ3) is 4.95. The summed E-state index contributed by atoms with van der Waals surface area (Å²) in [5.41, 5.74) is 2.33. The van der Waals surface area contributed by atoms with E-state index in [2.05, 4.69) is 17.4 Å². The van der Waals surface area contributed by atoms with Crippen LogP contribution in [0.5, 0.6) is 11.5 Å². The highest BCUT2D eigenvalue weighted by Gasteiger charge is 2.25. The minimum atomic E-state index is 0.101. The lowest BCUT2D eigenvalue weighted by Crippen LogP contribution is -3.28. The van der Waals surface area contributed by atoms with Crippen molar-refractivity contribution in [2.24, 2.45) is 0 Å². The zero-order chi connectivity index (χ0) is 19.3. The van der Waals surface area contributed by atoms with Gasteiger partial charge in [-0.2, -0.15) is 0 Å². The van der Waals surface area contributed by atoms with Crippen molar-refractivity contribution in [3.63, 3.8) is 0 Å². The standard InChI is InChI=1S/C21H24ClN3O3/c22-18-4-1-16(2-5-18)12-23-21(26)14-25-9-7-24(8-10-25)13-17-3-6-19-20(11-17)28-15-27-19/h1-6,11H,7-10,12-15H2,(H,23,26)/p+2. The first-order chi connectivity index (χ1) is 13.7. The molecule has 2 aromatic carbocycles. The summed E-state index contributed by atoms with van der Waals surface area (Å²) in [4.78, 5) is 15.1. The Labute approximate surface area is 170 Å². The molecule has 0 atom stereocenters. The van der Waals surface area contributed by atoms with E-state index >= 15 is 0 Å². The molecule has 1 saturated heterocycles. The molecule has 0 saturated carbocycles. The van der Waals surface area contributed by atoms with Crippen molar-refractivity contribution in [2.45, 2.75) is 13.1 Å². The lowest BCUT2D eigenvalue weighted by Gasteiger charge is -2.29. The molecule has 0 spiro atoms. The topological polar surface area (TPSA) is 56.4 Å². The van der Waals surface area contributed by atoms with E-state index in [1.54, 1.807) is 4.90 Å². The maximum atomic E-state index is 12.2. The van der Waals surface area contributed by atoms with Gasteiger partial charge in [-0.05, 0) is 35.9 Å². The molecule has 7 heteroatoms. The van der Waals surface area contributed by atoms with E-state index in [9.17, 15) is 4.79 Å². The van der Waals surface area contributed by atoms with Gasteiger partial charge in [0.25, 0.3) is 5.91 Å². The number of piperazine rings is 1. The van der Waals surface area contributed by atoms with E-state index in [0.717, 1.165) is 49.8 Å². The van der Waals surface area contributed by atoms with Gasteiger partial charge in [-0.3, -0.25) is 4.79 Å². The van der Waals surface area contributed by atoms with Crippen molar-refractivity contribution >= 4 is 17.5 Å². The van der Waals surface area contributed by atoms with Gasteiger partial charge in [-0.25, -0.2) is 0 Å². The SMILES string of the molecule is O=C(C[NH+]1CC[NH+](Cc2ccc3c(c2)OCO3)CC1)NCc1ccc(Cl)cc1. The average Bonchev–Trinajstić information content (AvgIpc) is 3.17.